The molecule has 2 amide bonds. The number of urea groups is 1. The Hall–Kier alpha value is -0.770. The molecule has 1 N–H and O–H groups in total. The van der Waals surface area contributed by atoms with Gasteiger partial charge in [0.1, 0.15) is 0 Å². The third-order valence-electron chi connectivity index (χ3n) is 3.42. The molecule has 1 aliphatic carbocycles. The third-order valence-corrected chi connectivity index (χ3v) is 3.42. The van der Waals surface area contributed by atoms with Crippen LogP contribution in [0.3, 0.4) is 0 Å². The lowest BCUT2D eigenvalue weighted by Crippen LogP contribution is -2.43. The Kier molecular flexibility index (Phi) is 5.60. The van der Waals surface area contributed by atoms with Gasteiger partial charge in [0.2, 0.25) is 0 Å². The molecule has 0 aromatic carbocycles. The number of carbonyl (C=O) groups is 1. The maximum Gasteiger partial charge on any atom is 0.317 e. The van der Waals surface area contributed by atoms with Gasteiger partial charge in [-0.15, -0.1) is 0 Å². The summed E-state index contributed by atoms with van der Waals surface area (Å²) in [6.45, 7) is 3.46. The standard InChI is InChI=1S/C12H24N2O2/c1-4-10-5-6-11(9-10)13-12(15)14(2)7-8-16-3/h10-11H,4-9H2,1-3H3,(H,13,15). The van der Waals surface area contributed by atoms with Crippen molar-refractivity contribution in [1.29, 1.82) is 0 Å². The molecule has 2 unspecified atom stereocenters. The number of hydrogen-bond acceptors (Lipinski definition) is 2. The molecule has 1 rings (SSSR count). The summed E-state index contributed by atoms with van der Waals surface area (Å²) in [6.07, 6.45) is 4.75. The van der Waals surface area contributed by atoms with Crippen molar-refractivity contribution < 1.29 is 9.53 Å². The fourth-order valence-corrected chi connectivity index (χ4v) is 2.19. The van der Waals surface area contributed by atoms with E-state index in [9.17, 15) is 4.79 Å². The predicted octanol–water partition coefficient (Wildman–Crippen LogP) is 1.85. The van der Waals surface area contributed by atoms with E-state index in [-0.39, 0.29) is 6.03 Å². The highest BCUT2D eigenvalue weighted by Gasteiger charge is 2.25. The fourth-order valence-electron chi connectivity index (χ4n) is 2.19. The Bertz CT molecular complexity index is 221. The van der Waals surface area contributed by atoms with Crippen molar-refractivity contribution >= 4 is 6.03 Å². The average molecular weight is 228 g/mol. The van der Waals surface area contributed by atoms with E-state index >= 15 is 0 Å². The molecule has 1 saturated carbocycles. The van der Waals surface area contributed by atoms with Crippen molar-refractivity contribution in [2.24, 2.45) is 5.92 Å². The molecular formula is C12H24N2O2. The summed E-state index contributed by atoms with van der Waals surface area (Å²) in [5.41, 5.74) is 0. The Labute approximate surface area is 98.3 Å². The van der Waals surface area contributed by atoms with Crippen LogP contribution < -0.4 is 5.32 Å². The maximum absolute atomic E-state index is 11.8. The van der Waals surface area contributed by atoms with Crippen molar-refractivity contribution in [2.75, 3.05) is 27.3 Å². The van der Waals surface area contributed by atoms with Crippen molar-refractivity contribution in [3.63, 3.8) is 0 Å². The summed E-state index contributed by atoms with van der Waals surface area (Å²) in [5, 5.41) is 3.08. The molecule has 0 saturated heterocycles. The molecule has 1 fully saturated rings. The lowest BCUT2D eigenvalue weighted by Gasteiger charge is -2.20. The highest BCUT2D eigenvalue weighted by atomic mass is 16.5. The molecule has 4 nitrogen and oxygen atoms in total. The number of nitrogens with zero attached hydrogens (tertiary/aromatic N) is 1. The van der Waals surface area contributed by atoms with Gasteiger partial charge in [-0.2, -0.15) is 0 Å². The highest BCUT2D eigenvalue weighted by molar-refractivity contribution is 5.74. The molecule has 0 aliphatic heterocycles. The number of carbonyl (C=O) groups excluding carboxylic acids is 1. The van der Waals surface area contributed by atoms with Crippen LogP contribution in [0.2, 0.25) is 0 Å². The molecule has 0 spiro atoms. The second-order valence-electron chi connectivity index (χ2n) is 4.65. The minimum atomic E-state index is 0.0267. The topological polar surface area (TPSA) is 41.6 Å². The van der Waals surface area contributed by atoms with Gasteiger partial charge in [0.15, 0.2) is 0 Å². The van der Waals surface area contributed by atoms with Crippen molar-refractivity contribution in [2.45, 2.75) is 38.6 Å². The van der Waals surface area contributed by atoms with E-state index in [1.807, 2.05) is 0 Å². The summed E-state index contributed by atoms with van der Waals surface area (Å²) in [4.78, 5) is 13.4. The van der Waals surface area contributed by atoms with Crippen molar-refractivity contribution in [1.82, 2.24) is 10.2 Å². The Morgan fingerprint density at radius 2 is 2.25 bits per heavy atom. The van der Waals surface area contributed by atoms with Crippen LogP contribution in [0.5, 0.6) is 0 Å². The summed E-state index contributed by atoms with van der Waals surface area (Å²) in [7, 11) is 3.45. The van der Waals surface area contributed by atoms with Gasteiger partial charge in [-0.1, -0.05) is 13.3 Å². The average Bonchev–Trinajstić information content (AvgIpc) is 2.73. The summed E-state index contributed by atoms with van der Waals surface area (Å²) < 4.78 is 4.95. The van der Waals surface area contributed by atoms with E-state index in [1.54, 1.807) is 19.1 Å². The summed E-state index contributed by atoms with van der Waals surface area (Å²) in [6, 6.07) is 0.404. The molecule has 0 heterocycles. The molecule has 2 atom stereocenters. The maximum atomic E-state index is 11.8. The van der Waals surface area contributed by atoms with Crippen LogP contribution >= 0.6 is 0 Å². The lowest BCUT2D eigenvalue weighted by molar-refractivity contribution is 0.158. The van der Waals surface area contributed by atoms with E-state index in [0.717, 1.165) is 18.8 Å². The number of methoxy groups -OCH3 is 1. The second kappa shape index (κ2) is 6.74. The van der Waals surface area contributed by atoms with Gasteiger partial charge < -0.3 is 15.0 Å². The number of hydrogen-bond donors (Lipinski definition) is 1. The number of rotatable bonds is 5. The summed E-state index contributed by atoms with van der Waals surface area (Å²) >= 11 is 0. The third kappa shape index (κ3) is 4.00. The van der Waals surface area contributed by atoms with E-state index in [4.69, 9.17) is 4.74 Å². The van der Waals surface area contributed by atoms with Gasteiger partial charge in [0.05, 0.1) is 6.61 Å². The van der Waals surface area contributed by atoms with Gasteiger partial charge in [0.25, 0.3) is 0 Å². The smallest absolute Gasteiger partial charge is 0.317 e. The number of ether oxygens (including phenoxy) is 1. The van der Waals surface area contributed by atoms with Gasteiger partial charge >= 0.3 is 6.03 Å². The van der Waals surface area contributed by atoms with E-state index in [2.05, 4.69) is 12.2 Å². The second-order valence-corrected chi connectivity index (χ2v) is 4.65. The molecule has 4 heteroatoms. The molecule has 0 radical (unpaired) electrons. The zero-order valence-corrected chi connectivity index (χ0v) is 10.7. The van der Waals surface area contributed by atoms with Gasteiger partial charge in [-0.05, 0) is 25.2 Å². The zero-order valence-electron chi connectivity index (χ0n) is 10.7. The SMILES string of the molecule is CCC1CCC(NC(=O)N(C)CCOC)C1. The van der Waals surface area contributed by atoms with Gasteiger partial charge in [-0.3, -0.25) is 0 Å². The molecule has 94 valence electrons. The first-order chi connectivity index (χ1) is 7.67. The van der Waals surface area contributed by atoms with Crippen LogP contribution in [0.4, 0.5) is 4.79 Å². The fraction of sp³-hybridized carbons (Fsp3) is 0.917. The highest BCUT2D eigenvalue weighted by Crippen LogP contribution is 2.27. The van der Waals surface area contributed by atoms with Crippen molar-refractivity contribution in [3.05, 3.63) is 0 Å². The van der Waals surface area contributed by atoms with Crippen LogP contribution in [0.1, 0.15) is 32.6 Å². The molecule has 0 bridgehead atoms. The Morgan fingerprint density at radius 1 is 1.50 bits per heavy atom. The van der Waals surface area contributed by atoms with Crippen LogP contribution in [0.25, 0.3) is 0 Å². The minimum Gasteiger partial charge on any atom is -0.383 e. The molecule has 0 aromatic rings. The van der Waals surface area contributed by atoms with Crippen LogP contribution in [0.15, 0.2) is 0 Å². The van der Waals surface area contributed by atoms with Gasteiger partial charge in [-0.25, -0.2) is 4.79 Å². The normalized spacial score (nSPS) is 24.4. The first-order valence-electron chi connectivity index (χ1n) is 6.18. The molecular weight excluding hydrogens is 204 g/mol. The quantitative estimate of drug-likeness (QED) is 0.780. The molecule has 16 heavy (non-hydrogen) atoms. The largest absolute Gasteiger partial charge is 0.383 e. The summed E-state index contributed by atoms with van der Waals surface area (Å²) in [5.74, 6) is 0.801. The van der Waals surface area contributed by atoms with E-state index in [0.29, 0.717) is 19.2 Å². The van der Waals surface area contributed by atoms with Crippen LogP contribution in [-0.2, 0) is 4.74 Å². The number of nitrogens with one attached hydrogen (secondary N) is 1. The first kappa shape index (κ1) is 13.3. The zero-order chi connectivity index (χ0) is 12.0. The number of likely N-dealkylation sites (N-methyl/N-ethyl adjacent to an activating group) is 1. The molecule has 0 aromatic heterocycles. The van der Waals surface area contributed by atoms with E-state index < -0.39 is 0 Å². The first-order valence-corrected chi connectivity index (χ1v) is 6.18. The van der Waals surface area contributed by atoms with Crippen molar-refractivity contribution in [3.8, 4) is 0 Å². The molecule has 1 aliphatic rings. The Balaban J connectivity index is 2.23. The van der Waals surface area contributed by atoms with Crippen LogP contribution in [0, 0.1) is 5.92 Å². The minimum absolute atomic E-state index is 0.0267. The Morgan fingerprint density at radius 3 is 2.81 bits per heavy atom. The lowest BCUT2D eigenvalue weighted by atomic mass is 10.1. The van der Waals surface area contributed by atoms with E-state index in [1.165, 1.54) is 12.8 Å². The number of amides is 2. The van der Waals surface area contributed by atoms with Gasteiger partial charge in [0, 0.05) is 26.7 Å². The monoisotopic (exact) mass is 228 g/mol. The predicted molar refractivity (Wildman–Crippen MR) is 64.5 cm³/mol. The van der Waals surface area contributed by atoms with Crippen LogP contribution in [-0.4, -0.2) is 44.3 Å².